The third kappa shape index (κ3) is 5.38. The number of hydrogen-bond donors (Lipinski definition) is 2. The SMILES string of the molecule is CCC(O)(CN)CCCN1CCN(C(C)(C)C)CC1. The predicted octanol–water partition coefficient (Wildman–Crippen LogP) is 1.28. The fraction of sp³-hybridized carbons (Fsp3) is 1.00. The maximum atomic E-state index is 10.2. The van der Waals surface area contributed by atoms with E-state index in [9.17, 15) is 5.11 Å². The van der Waals surface area contributed by atoms with Gasteiger partial charge in [-0.25, -0.2) is 0 Å². The van der Waals surface area contributed by atoms with Gasteiger partial charge in [0.25, 0.3) is 0 Å². The minimum atomic E-state index is -0.646. The molecule has 1 fully saturated rings. The minimum absolute atomic E-state index is 0.286. The lowest BCUT2D eigenvalue weighted by atomic mass is 9.94. The summed E-state index contributed by atoms with van der Waals surface area (Å²) >= 11 is 0. The van der Waals surface area contributed by atoms with Crippen LogP contribution in [0, 0.1) is 0 Å². The molecule has 1 aliphatic heterocycles. The van der Waals surface area contributed by atoms with Gasteiger partial charge in [-0.3, -0.25) is 4.90 Å². The molecule has 1 aliphatic rings. The highest BCUT2D eigenvalue weighted by molar-refractivity contribution is 4.83. The summed E-state index contributed by atoms with van der Waals surface area (Å²) in [6.45, 7) is 14.9. The Hall–Kier alpha value is -0.160. The average Bonchev–Trinajstić information content (AvgIpc) is 2.38. The molecule has 1 unspecified atom stereocenters. The molecule has 1 saturated heterocycles. The van der Waals surface area contributed by atoms with Crippen LogP contribution in [0.4, 0.5) is 0 Å². The van der Waals surface area contributed by atoms with Crippen molar-refractivity contribution in [3.63, 3.8) is 0 Å². The molecule has 0 aromatic rings. The van der Waals surface area contributed by atoms with Crippen molar-refractivity contribution in [3.8, 4) is 0 Å². The molecule has 1 atom stereocenters. The third-order valence-electron chi connectivity index (χ3n) is 4.48. The van der Waals surface area contributed by atoms with Crippen LogP contribution >= 0.6 is 0 Å². The second-order valence-electron chi connectivity index (χ2n) is 6.89. The lowest BCUT2D eigenvalue weighted by Gasteiger charge is -2.42. The standard InChI is InChI=1S/C15H33N3O/c1-5-15(19,13-16)7-6-8-17-9-11-18(12-10-17)14(2,3)4/h19H,5-13,16H2,1-4H3. The zero-order chi connectivity index (χ0) is 14.5. The molecule has 4 heteroatoms. The number of hydrogen-bond acceptors (Lipinski definition) is 4. The van der Waals surface area contributed by atoms with Crippen molar-refractivity contribution in [2.24, 2.45) is 5.73 Å². The van der Waals surface area contributed by atoms with Gasteiger partial charge in [0.05, 0.1) is 5.60 Å². The highest BCUT2D eigenvalue weighted by atomic mass is 16.3. The highest BCUT2D eigenvalue weighted by Gasteiger charge is 2.26. The first-order valence-corrected chi connectivity index (χ1v) is 7.70. The molecule has 0 aromatic heterocycles. The van der Waals surface area contributed by atoms with Crippen molar-refractivity contribution in [2.75, 3.05) is 39.3 Å². The molecule has 1 rings (SSSR count). The summed E-state index contributed by atoms with van der Waals surface area (Å²) in [6.07, 6.45) is 2.61. The van der Waals surface area contributed by atoms with E-state index in [1.165, 1.54) is 0 Å². The van der Waals surface area contributed by atoms with Gasteiger partial charge >= 0.3 is 0 Å². The number of nitrogens with zero attached hydrogens (tertiary/aromatic N) is 2. The summed E-state index contributed by atoms with van der Waals surface area (Å²) in [5, 5.41) is 10.2. The van der Waals surface area contributed by atoms with Gasteiger partial charge in [-0.15, -0.1) is 0 Å². The summed E-state index contributed by atoms with van der Waals surface area (Å²) in [7, 11) is 0. The van der Waals surface area contributed by atoms with E-state index in [-0.39, 0.29) is 5.54 Å². The lowest BCUT2D eigenvalue weighted by Crippen LogP contribution is -2.53. The first-order valence-electron chi connectivity index (χ1n) is 7.70. The number of aliphatic hydroxyl groups is 1. The van der Waals surface area contributed by atoms with Gasteiger partial charge < -0.3 is 15.7 Å². The Morgan fingerprint density at radius 2 is 1.68 bits per heavy atom. The van der Waals surface area contributed by atoms with Gasteiger partial charge in [0.1, 0.15) is 0 Å². The molecule has 0 amide bonds. The average molecular weight is 271 g/mol. The maximum absolute atomic E-state index is 10.2. The second kappa shape index (κ2) is 7.02. The zero-order valence-corrected chi connectivity index (χ0v) is 13.3. The molecule has 4 nitrogen and oxygen atoms in total. The Morgan fingerprint density at radius 3 is 2.11 bits per heavy atom. The van der Waals surface area contributed by atoms with Crippen molar-refractivity contribution in [1.82, 2.24) is 9.80 Å². The Labute approximate surface area is 118 Å². The molecular weight excluding hydrogens is 238 g/mol. The van der Waals surface area contributed by atoms with Crippen LogP contribution in [0.1, 0.15) is 47.0 Å². The quantitative estimate of drug-likeness (QED) is 0.764. The van der Waals surface area contributed by atoms with E-state index in [0.717, 1.165) is 52.0 Å². The largest absolute Gasteiger partial charge is 0.389 e. The van der Waals surface area contributed by atoms with Crippen LogP contribution in [0.25, 0.3) is 0 Å². The Bertz CT molecular complexity index is 251. The first-order chi connectivity index (χ1) is 8.80. The van der Waals surface area contributed by atoms with Gasteiger partial charge in [-0.1, -0.05) is 6.92 Å². The van der Waals surface area contributed by atoms with Crippen LogP contribution in [-0.4, -0.2) is 65.3 Å². The second-order valence-corrected chi connectivity index (χ2v) is 6.89. The molecule has 114 valence electrons. The molecular formula is C15H33N3O. The summed E-state index contributed by atoms with van der Waals surface area (Å²) in [5.74, 6) is 0. The Kier molecular flexibility index (Phi) is 6.24. The number of nitrogens with two attached hydrogens (primary N) is 1. The predicted molar refractivity (Wildman–Crippen MR) is 81.3 cm³/mol. The molecule has 0 radical (unpaired) electrons. The van der Waals surface area contributed by atoms with Crippen molar-refractivity contribution in [3.05, 3.63) is 0 Å². The van der Waals surface area contributed by atoms with Gasteiger partial charge in [0.2, 0.25) is 0 Å². The van der Waals surface area contributed by atoms with Crippen molar-refractivity contribution < 1.29 is 5.11 Å². The van der Waals surface area contributed by atoms with E-state index in [4.69, 9.17) is 5.73 Å². The zero-order valence-electron chi connectivity index (χ0n) is 13.3. The van der Waals surface area contributed by atoms with Crippen molar-refractivity contribution in [2.45, 2.75) is 58.1 Å². The van der Waals surface area contributed by atoms with Crippen LogP contribution < -0.4 is 5.73 Å². The minimum Gasteiger partial charge on any atom is -0.389 e. The summed E-state index contributed by atoms with van der Waals surface area (Å²) in [6, 6.07) is 0. The van der Waals surface area contributed by atoms with E-state index in [2.05, 4.69) is 30.6 Å². The fourth-order valence-corrected chi connectivity index (χ4v) is 2.70. The van der Waals surface area contributed by atoms with E-state index in [1.54, 1.807) is 0 Å². The maximum Gasteiger partial charge on any atom is 0.0767 e. The van der Waals surface area contributed by atoms with Crippen molar-refractivity contribution >= 4 is 0 Å². The van der Waals surface area contributed by atoms with Crippen molar-refractivity contribution in [1.29, 1.82) is 0 Å². The third-order valence-corrected chi connectivity index (χ3v) is 4.48. The van der Waals surface area contributed by atoms with Crippen LogP contribution in [0.5, 0.6) is 0 Å². The molecule has 19 heavy (non-hydrogen) atoms. The van der Waals surface area contributed by atoms with Crippen LogP contribution in [0.3, 0.4) is 0 Å². The van der Waals surface area contributed by atoms with E-state index in [0.29, 0.717) is 6.54 Å². The molecule has 1 heterocycles. The fourth-order valence-electron chi connectivity index (χ4n) is 2.70. The van der Waals surface area contributed by atoms with Gasteiger partial charge in [-0.2, -0.15) is 0 Å². The van der Waals surface area contributed by atoms with Crippen LogP contribution in [0.15, 0.2) is 0 Å². The number of piperazine rings is 1. The smallest absolute Gasteiger partial charge is 0.0767 e. The van der Waals surface area contributed by atoms with E-state index < -0.39 is 5.60 Å². The van der Waals surface area contributed by atoms with Crippen LogP contribution in [0.2, 0.25) is 0 Å². The summed E-state index contributed by atoms with van der Waals surface area (Å²) < 4.78 is 0. The lowest BCUT2D eigenvalue weighted by molar-refractivity contribution is 0.0256. The van der Waals surface area contributed by atoms with Crippen LogP contribution in [-0.2, 0) is 0 Å². The monoisotopic (exact) mass is 271 g/mol. The molecule has 0 saturated carbocycles. The Morgan fingerprint density at radius 1 is 1.11 bits per heavy atom. The van der Waals surface area contributed by atoms with Gasteiger partial charge in [-0.05, 0) is 46.6 Å². The molecule has 0 aliphatic carbocycles. The van der Waals surface area contributed by atoms with E-state index in [1.807, 2.05) is 6.92 Å². The van der Waals surface area contributed by atoms with E-state index >= 15 is 0 Å². The first kappa shape index (κ1) is 16.9. The normalized spacial score (nSPS) is 22.4. The molecule has 0 spiro atoms. The summed E-state index contributed by atoms with van der Waals surface area (Å²) in [5.41, 5.74) is 5.27. The highest BCUT2D eigenvalue weighted by Crippen LogP contribution is 2.18. The van der Waals surface area contributed by atoms with Gasteiger partial charge in [0.15, 0.2) is 0 Å². The number of rotatable bonds is 6. The Balaban J connectivity index is 2.23. The molecule has 0 aromatic carbocycles. The van der Waals surface area contributed by atoms with Gasteiger partial charge in [0, 0.05) is 38.3 Å². The molecule has 0 bridgehead atoms. The topological polar surface area (TPSA) is 52.7 Å². The summed E-state index contributed by atoms with van der Waals surface area (Å²) in [4.78, 5) is 5.06. The molecule has 3 N–H and O–H groups in total.